The Bertz CT molecular complexity index is 521. The lowest BCUT2D eigenvalue weighted by molar-refractivity contribution is -0.149. The summed E-state index contributed by atoms with van der Waals surface area (Å²) in [5.74, 6) is -0.906. The zero-order valence-corrected chi connectivity index (χ0v) is 12.0. The third kappa shape index (κ3) is 3.71. The van der Waals surface area contributed by atoms with Crippen molar-refractivity contribution in [1.82, 2.24) is 4.90 Å². The van der Waals surface area contributed by atoms with E-state index < -0.39 is 23.9 Å². The molecule has 0 saturated carbocycles. The molecule has 0 aromatic heterocycles. The monoisotopic (exact) mass is 294 g/mol. The molecule has 1 fully saturated rings. The molecule has 1 N–H and O–H groups in total. The average molecular weight is 294 g/mol. The molecule has 2 amide bonds. The minimum Gasteiger partial charge on any atom is -0.464 e. The second-order valence-electron chi connectivity index (χ2n) is 4.87. The van der Waals surface area contributed by atoms with Crippen molar-refractivity contribution in [2.24, 2.45) is 0 Å². The summed E-state index contributed by atoms with van der Waals surface area (Å²) < 4.78 is 18.6. The first-order valence-electron chi connectivity index (χ1n) is 7.12. The van der Waals surface area contributed by atoms with Gasteiger partial charge in [0.05, 0.1) is 12.3 Å². The summed E-state index contributed by atoms with van der Waals surface area (Å²) >= 11 is 0. The maximum Gasteiger partial charge on any atom is 0.328 e. The Kier molecular flexibility index (Phi) is 5.14. The highest BCUT2D eigenvalue weighted by atomic mass is 19.1. The molecule has 0 bridgehead atoms. The Balaban J connectivity index is 2.08. The molecule has 1 aliphatic heterocycles. The maximum absolute atomic E-state index is 13.6. The fourth-order valence-electron chi connectivity index (χ4n) is 2.41. The number of hydrogen-bond donors (Lipinski definition) is 1. The Hall–Kier alpha value is -2.11. The number of benzene rings is 1. The second kappa shape index (κ2) is 7.06. The van der Waals surface area contributed by atoms with Crippen LogP contribution < -0.4 is 5.32 Å². The molecular weight excluding hydrogens is 275 g/mol. The van der Waals surface area contributed by atoms with Crippen LogP contribution >= 0.6 is 0 Å². The summed E-state index contributed by atoms with van der Waals surface area (Å²) in [6.07, 6.45) is 2.26. The van der Waals surface area contributed by atoms with Gasteiger partial charge in [0, 0.05) is 6.54 Å². The van der Waals surface area contributed by atoms with Crippen LogP contribution in [-0.4, -0.2) is 36.1 Å². The van der Waals surface area contributed by atoms with Gasteiger partial charge in [-0.2, -0.15) is 0 Å². The van der Waals surface area contributed by atoms with Gasteiger partial charge in [0.25, 0.3) is 0 Å². The van der Waals surface area contributed by atoms with Crippen LogP contribution in [0.1, 0.15) is 26.2 Å². The lowest BCUT2D eigenvalue weighted by atomic mass is 10.0. The normalized spacial score (nSPS) is 18.2. The average Bonchev–Trinajstić information content (AvgIpc) is 2.50. The van der Waals surface area contributed by atoms with Crippen molar-refractivity contribution in [3.05, 3.63) is 30.1 Å². The van der Waals surface area contributed by atoms with Gasteiger partial charge in [-0.05, 0) is 38.3 Å². The topological polar surface area (TPSA) is 58.6 Å². The van der Waals surface area contributed by atoms with E-state index in [1.54, 1.807) is 19.1 Å². The molecule has 0 spiro atoms. The molecule has 0 radical (unpaired) electrons. The lowest BCUT2D eigenvalue weighted by Crippen LogP contribution is -2.50. The number of hydrogen-bond acceptors (Lipinski definition) is 3. The number of piperidine rings is 1. The molecule has 6 heteroatoms. The Morgan fingerprint density at radius 2 is 2.14 bits per heavy atom. The first kappa shape index (κ1) is 15.3. The molecule has 1 atom stereocenters. The Labute approximate surface area is 123 Å². The highest BCUT2D eigenvalue weighted by molar-refractivity contribution is 5.92. The van der Waals surface area contributed by atoms with Crippen molar-refractivity contribution in [2.45, 2.75) is 32.2 Å². The van der Waals surface area contributed by atoms with Gasteiger partial charge in [-0.25, -0.2) is 14.0 Å². The largest absolute Gasteiger partial charge is 0.464 e. The van der Waals surface area contributed by atoms with Crippen LogP contribution in [0.15, 0.2) is 24.3 Å². The zero-order valence-electron chi connectivity index (χ0n) is 12.0. The van der Waals surface area contributed by atoms with E-state index in [1.807, 2.05) is 0 Å². The molecule has 0 aliphatic carbocycles. The SMILES string of the molecule is CCOC(=O)C1CCCCN1C(=O)Nc1ccccc1F. The third-order valence-electron chi connectivity index (χ3n) is 3.44. The van der Waals surface area contributed by atoms with Crippen LogP contribution in [0.4, 0.5) is 14.9 Å². The molecule has 1 aromatic rings. The summed E-state index contributed by atoms with van der Waals surface area (Å²) in [6.45, 7) is 2.46. The van der Waals surface area contributed by atoms with E-state index in [4.69, 9.17) is 4.74 Å². The van der Waals surface area contributed by atoms with E-state index in [9.17, 15) is 14.0 Å². The van der Waals surface area contributed by atoms with Gasteiger partial charge in [0.2, 0.25) is 0 Å². The van der Waals surface area contributed by atoms with Crippen LogP contribution in [0.3, 0.4) is 0 Å². The van der Waals surface area contributed by atoms with Gasteiger partial charge < -0.3 is 15.0 Å². The van der Waals surface area contributed by atoms with Crippen LogP contribution in [-0.2, 0) is 9.53 Å². The first-order chi connectivity index (χ1) is 10.1. The number of carbonyl (C=O) groups is 2. The Morgan fingerprint density at radius 3 is 2.86 bits per heavy atom. The van der Waals surface area contributed by atoms with Gasteiger partial charge in [0.15, 0.2) is 0 Å². The molecule has 1 saturated heterocycles. The number of halogens is 1. The van der Waals surface area contributed by atoms with Crippen molar-refractivity contribution >= 4 is 17.7 Å². The molecular formula is C15H19FN2O3. The fourth-order valence-corrected chi connectivity index (χ4v) is 2.41. The number of esters is 1. The van der Waals surface area contributed by atoms with Gasteiger partial charge in [-0.3, -0.25) is 0 Å². The van der Waals surface area contributed by atoms with Crippen LogP contribution in [0, 0.1) is 5.82 Å². The molecule has 2 rings (SSSR count). The number of rotatable bonds is 3. The number of ether oxygens (including phenoxy) is 1. The van der Waals surface area contributed by atoms with Crippen molar-refractivity contribution in [2.75, 3.05) is 18.5 Å². The number of amides is 2. The molecule has 21 heavy (non-hydrogen) atoms. The Morgan fingerprint density at radius 1 is 1.38 bits per heavy atom. The van der Waals surface area contributed by atoms with E-state index in [1.165, 1.54) is 17.0 Å². The van der Waals surface area contributed by atoms with Crippen LogP contribution in [0.5, 0.6) is 0 Å². The lowest BCUT2D eigenvalue weighted by Gasteiger charge is -2.33. The number of nitrogens with zero attached hydrogens (tertiary/aromatic N) is 1. The molecule has 114 valence electrons. The summed E-state index contributed by atoms with van der Waals surface area (Å²) in [4.78, 5) is 25.6. The molecule has 5 nitrogen and oxygen atoms in total. The molecule has 1 unspecified atom stereocenters. The van der Waals surface area contributed by atoms with E-state index in [0.717, 1.165) is 12.8 Å². The number of urea groups is 1. The smallest absolute Gasteiger partial charge is 0.328 e. The van der Waals surface area contributed by atoms with Gasteiger partial charge in [0.1, 0.15) is 11.9 Å². The van der Waals surface area contributed by atoms with E-state index in [-0.39, 0.29) is 12.3 Å². The van der Waals surface area contributed by atoms with Gasteiger partial charge in [-0.15, -0.1) is 0 Å². The van der Waals surface area contributed by atoms with Gasteiger partial charge >= 0.3 is 12.0 Å². The van der Waals surface area contributed by atoms with E-state index >= 15 is 0 Å². The van der Waals surface area contributed by atoms with E-state index in [0.29, 0.717) is 13.0 Å². The number of nitrogens with one attached hydrogen (secondary N) is 1. The van der Waals surface area contributed by atoms with Crippen molar-refractivity contribution < 1.29 is 18.7 Å². The highest BCUT2D eigenvalue weighted by Gasteiger charge is 2.33. The highest BCUT2D eigenvalue weighted by Crippen LogP contribution is 2.20. The molecule has 1 aromatic carbocycles. The predicted molar refractivity (Wildman–Crippen MR) is 76.4 cm³/mol. The summed E-state index contributed by atoms with van der Waals surface area (Å²) in [5.41, 5.74) is 0.107. The number of carbonyl (C=O) groups excluding carboxylic acids is 2. The minimum atomic E-state index is -0.592. The van der Waals surface area contributed by atoms with E-state index in [2.05, 4.69) is 5.32 Å². The van der Waals surface area contributed by atoms with Gasteiger partial charge in [-0.1, -0.05) is 12.1 Å². The van der Waals surface area contributed by atoms with Crippen molar-refractivity contribution in [3.8, 4) is 0 Å². The molecule has 1 heterocycles. The minimum absolute atomic E-state index is 0.107. The standard InChI is InChI=1S/C15H19FN2O3/c1-2-21-14(19)13-9-5-6-10-18(13)15(20)17-12-8-4-3-7-11(12)16/h3-4,7-8,13H,2,5-6,9-10H2,1H3,(H,17,20). The second-order valence-corrected chi connectivity index (χ2v) is 4.87. The van der Waals surface area contributed by atoms with Crippen molar-refractivity contribution in [3.63, 3.8) is 0 Å². The first-order valence-corrected chi connectivity index (χ1v) is 7.12. The third-order valence-corrected chi connectivity index (χ3v) is 3.44. The number of likely N-dealkylation sites (tertiary alicyclic amines) is 1. The number of para-hydroxylation sites is 1. The maximum atomic E-state index is 13.6. The molecule has 1 aliphatic rings. The summed E-state index contributed by atoms with van der Waals surface area (Å²) in [6, 6.07) is 4.87. The quantitative estimate of drug-likeness (QED) is 0.872. The predicted octanol–water partition coefficient (Wildman–Crippen LogP) is 2.78. The summed E-state index contributed by atoms with van der Waals surface area (Å²) in [5, 5.41) is 2.51. The number of anilines is 1. The van der Waals surface area contributed by atoms with Crippen molar-refractivity contribution in [1.29, 1.82) is 0 Å². The van der Waals surface area contributed by atoms with Crippen LogP contribution in [0.2, 0.25) is 0 Å². The fraction of sp³-hybridized carbons (Fsp3) is 0.467. The summed E-state index contributed by atoms with van der Waals surface area (Å²) in [7, 11) is 0. The van der Waals surface area contributed by atoms with Crippen LogP contribution in [0.25, 0.3) is 0 Å². The zero-order chi connectivity index (χ0) is 15.2.